The summed E-state index contributed by atoms with van der Waals surface area (Å²) in [6.07, 6.45) is 5.37. The van der Waals surface area contributed by atoms with Crippen molar-refractivity contribution >= 4 is 24.4 Å². The molecule has 3 aromatic carbocycles. The predicted octanol–water partition coefficient (Wildman–Crippen LogP) is 4.79. The van der Waals surface area contributed by atoms with Gasteiger partial charge in [0.1, 0.15) is 6.33 Å². The first-order valence-corrected chi connectivity index (χ1v) is 10.7. The van der Waals surface area contributed by atoms with E-state index in [4.69, 9.17) is 0 Å². The number of benzene rings is 3. The highest BCUT2D eigenvalue weighted by Crippen LogP contribution is 2.51. The number of aromatic nitrogens is 2. The Hall–Kier alpha value is -3.03. The van der Waals surface area contributed by atoms with Crippen LogP contribution in [-0.4, -0.2) is 15.5 Å². The second kappa shape index (κ2) is 8.77. The molecule has 0 aliphatic rings. The summed E-state index contributed by atoms with van der Waals surface area (Å²) in [6.45, 7) is 0. The molecule has 0 saturated carbocycles. The van der Waals surface area contributed by atoms with Crippen molar-refractivity contribution in [3.8, 4) is 0 Å². The van der Waals surface area contributed by atoms with Crippen LogP contribution in [-0.2, 0) is 0 Å². The summed E-state index contributed by atoms with van der Waals surface area (Å²) in [6, 6.07) is 31.5. The number of rotatable bonds is 6. The van der Waals surface area contributed by atoms with E-state index in [1.165, 1.54) is 16.2 Å². The van der Waals surface area contributed by atoms with Gasteiger partial charge < -0.3 is 0 Å². The van der Waals surface area contributed by atoms with Crippen molar-refractivity contribution in [2.45, 2.75) is 12.1 Å². The Labute approximate surface area is 166 Å². The summed E-state index contributed by atoms with van der Waals surface area (Å²) in [5.41, 5.74) is 1.27. The zero-order valence-corrected chi connectivity index (χ0v) is 16.3. The van der Waals surface area contributed by atoms with E-state index in [-0.39, 0.29) is 11.6 Å². The molecule has 4 heteroatoms. The van der Waals surface area contributed by atoms with Gasteiger partial charge in [-0.3, -0.25) is 9.36 Å². The van der Waals surface area contributed by atoms with Gasteiger partial charge in [-0.25, -0.2) is 4.98 Å². The first kappa shape index (κ1) is 18.3. The number of hydrogen-bond donors (Lipinski definition) is 0. The number of hydrogen-bond acceptors (Lipinski definition) is 2. The largest absolute Gasteiger partial charge is 0.276 e. The Balaban J connectivity index is 1.80. The highest BCUT2D eigenvalue weighted by Gasteiger charge is 2.28. The fourth-order valence-electron chi connectivity index (χ4n) is 3.40. The Morgan fingerprint density at radius 1 is 0.821 bits per heavy atom. The number of nitrogens with zero attached hydrogens (tertiary/aromatic N) is 2. The Morgan fingerprint density at radius 3 is 1.86 bits per heavy atom. The minimum Gasteiger partial charge on any atom is -0.276 e. The number of carbonyl (C=O) groups excluding carboxylic acids is 1. The number of imidazole rings is 1. The van der Waals surface area contributed by atoms with Crippen LogP contribution >= 0.6 is 7.92 Å². The van der Waals surface area contributed by atoms with Crippen molar-refractivity contribution < 1.29 is 4.79 Å². The highest BCUT2D eigenvalue weighted by molar-refractivity contribution is 7.73. The van der Waals surface area contributed by atoms with Crippen LogP contribution in [0.15, 0.2) is 110 Å². The average Bonchev–Trinajstić information content (AvgIpc) is 3.31. The van der Waals surface area contributed by atoms with Crippen LogP contribution in [0.5, 0.6) is 0 Å². The molecule has 4 rings (SSSR count). The van der Waals surface area contributed by atoms with Gasteiger partial charge in [0.05, 0.1) is 0 Å². The molecule has 1 atom stereocenters. The molecule has 0 bridgehead atoms. The van der Waals surface area contributed by atoms with Crippen molar-refractivity contribution in [3.63, 3.8) is 0 Å². The summed E-state index contributed by atoms with van der Waals surface area (Å²) < 4.78 is 1.58. The summed E-state index contributed by atoms with van der Waals surface area (Å²) in [5, 5.41) is 2.55. The molecule has 138 valence electrons. The summed E-state index contributed by atoms with van der Waals surface area (Å²) in [7, 11) is -0.754. The zero-order valence-electron chi connectivity index (χ0n) is 15.4. The molecular formula is C24H21N2OP. The van der Waals surface area contributed by atoms with Gasteiger partial charge in [0.25, 0.3) is 0 Å². The lowest BCUT2D eigenvalue weighted by atomic mass is 10.1. The van der Waals surface area contributed by atoms with Crippen LogP contribution < -0.4 is 10.6 Å². The molecule has 0 spiro atoms. The van der Waals surface area contributed by atoms with Gasteiger partial charge in [-0.05, 0) is 24.1 Å². The van der Waals surface area contributed by atoms with E-state index in [0.29, 0.717) is 6.42 Å². The molecular weight excluding hydrogens is 363 g/mol. The lowest BCUT2D eigenvalue weighted by Gasteiger charge is -2.29. The molecule has 0 saturated heterocycles. The second-order valence-corrected chi connectivity index (χ2v) is 8.93. The van der Waals surface area contributed by atoms with Crippen LogP contribution in [0.2, 0.25) is 0 Å². The van der Waals surface area contributed by atoms with Crippen LogP contribution in [0.25, 0.3) is 0 Å². The van der Waals surface area contributed by atoms with Gasteiger partial charge in [0, 0.05) is 24.5 Å². The maximum absolute atomic E-state index is 13.0. The molecule has 0 aliphatic heterocycles. The minimum absolute atomic E-state index is 0.0608. The van der Waals surface area contributed by atoms with Gasteiger partial charge in [0.15, 0.2) is 0 Å². The molecule has 1 heterocycles. The monoisotopic (exact) mass is 384 g/mol. The van der Waals surface area contributed by atoms with E-state index in [9.17, 15) is 4.79 Å². The fraction of sp³-hybridized carbons (Fsp3) is 0.0833. The molecule has 0 N–H and O–H groups in total. The quantitative estimate of drug-likeness (QED) is 0.448. The third-order valence-corrected chi connectivity index (χ3v) is 7.54. The lowest BCUT2D eigenvalue weighted by Crippen LogP contribution is -2.21. The smallest absolute Gasteiger partial charge is 0.232 e. The SMILES string of the molecule is O=C(CC(c1ccccc1)P(c1ccccc1)c1ccccc1)n1ccnc1. The number of carbonyl (C=O) groups is 1. The Morgan fingerprint density at radius 2 is 1.36 bits per heavy atom. The summed E-state index contributed by atoms with van der Waals surface area (Å²) >= 11 is 0. The lowest BCUT2D eigenvalue weighted by molar-refractivity contribution is 0.0901. The second-order valence-electron chi connectivity index (χ2n) is 6.54. The van der Waals surface area contributed by atoms with Crippen LogP contribution in [0.1, 0.15) is 22.4 Å². The zero-order chi connectivity index (χ0) is 19.2. The molecule has 1 unspecified atom stereocenters. The van der Waals surface area contributed by atoms with E-state index in [1.54, 1.807) is 23.3 Å². The molecule has 0 radical (unpaired) electrons. The highest BCUT2D eigenvalue weighted by atomic mass is 31.1. The average molecular weight is 384 g/mol. The molecule has 3 nitrogen and oxygen atoms in total. The maximum atomic E-state index is 13.0. The van der Waals surface area contributed by atoms with E-state index < -0.39 is 7.92 Å². The normalized spacial score (nSPS) is 12.0. The third-order valence-electron chi connectivity index (χ3n) is 4.73. The molecule has 0 fully saturated rings. The first-order valence-electron chi connectivity index (χ1n) is 9.28. The molecule has 0 amide bonds. The van der Waals surface area contributed by atoms with E-state index in [2.05, 4.69) is 65.6 Å². The van der Waals surface area contributed by atoms with Crippen molar-refractivity contribution in [3.05, 3.63) is 115 Å². The van der Waals surface area contributed by atoms with E-state index >= 15 is 0 Å². The first-order chi connectivity index (χ1) is 13.8. The van der Waals surface area contributed by atoms with Crippen LogP contribution in [0, 0.1) is 0 Å². The minimum atomic E-state index is -0.754. The molecule has 4 aromatic rings. The molecule has 1 aromatic heterocycles. The van der Waals surface area contributed by atoms with Gasteiger partial charge >= 0.3 is 0 Å². The van der Waals surface area contributed by atoms with Crippen molar-refractivity contribution in [1.29, 1.82) is 0 Å². The van der Waals surface area contributed by atoms with E-state index in [1.807, 2.05) is 30.3 Å². The predicted molar refractivity (Wildman–Crippen MR) is 116 cm³/mol. The Bertz CT molecular complexity index is 963. The molecule has 0 aliphatic carbocycles. The summed E-state index contributed by atoms with van der Waals surface area (Å²) in [5.74, 6) is 0.0608. The van der Waals surface area contributed by atoms with Crippen LogP contribution in [0.4, 0.5) is 0 Å². The van der Waals surface area contributed by atoms with Crippen molar-refractivity contribution in [1.82, 2.24) is 9.55 Å². The van der Waals surface area contributed by atoms with Gasteiger partial charge in [-0.15, -0.1) is 0 Å². The van der Waals surface area contributed by atoms with Crippen molar-refractivity contribution in [2.75, 3.05) is 0 Å². The van der Waals surface area contributed by atoms with Gasteiger partial charge in [0.2, 0.25) is 5.91 Å². The Kier molecular flexibility index (Phi) is 5.75. The fourth-order valence-corrected chi connectivity index (χ4v) is 6.21. The standard InChI is InChI=1S/C24H21N2OP/c27-24(26-17-16-25-19-26)18-23(20-10-4-1-5-11-20)28(21-12-6-2-7-13-21)22-14-8-3-9-15-22/h1-17,19,23H,18H2. The van der Waals surface area contributed by atoms with Gasteiger partial charge in [-0.2, -0.15) is 0 Å². The van der Waals surface area contributed by atoms with Crippen molar-refractivity contribution in [2.24, 2.45) is 0 Å². The van der Waals surface area contributed by atoms with Crippen LogP contribution in [0.3, 0.4) is 0 Å². The topological polar surface area (TPSA) is 34.9 Å². The third kappa shape index (κ3) is 4.11. The maximum Gasteiger partial charge on any atom is 0.232 e. The van der Waals surface area contributed by atoms with E-state index in [0.717, 1.165) is 0 Å². The summed E-state index contributed by atoms with van der Waals surface area (Å²) in [4.78, 5) is 17.0. The molecule has 28 heavy (non-hydrogen) atoms. The van der Waals surface area contributed by atoms with Gasteiger partial charge in [-0.1, -0.05) is 91.0 Å².